The van der Waals surface area contributed by atoms with Crippen LogP contribution in [0.5, 0.6) is 5.75 Å². The number of nitrogens with zero attached hydrogens (tertiary/aromatic N) is 1. The molecule has 0 bridgehead atoms. The number of rotatable bonds is 5. The second-order valence-electron chi connectivity index (χ2n) is 5.89. The summed E-state index contributed by atoms with van der Waals surface area (Å²) in [6.45, 7) is 4.20. The fraction of sp³-hybridized carbons (Fsp3) is 0.562. The maximum Gasteiger partial charge on any atom is 0.238 e. The van der Waals surface area contributed by atoms with Crippen LogP contribution in [-0.2, 0) is 4.79 Å². The number of anilines is 1. The molecule has 1 aliphatic rings. The molecule has 0 radical (unpaired) electrons. The topological polar surface area (TPSA) is 67.6 Å². The van der Waals surface area contributed by atoms with Gasteiger partial charge in [0.05, 0.1) is 19.3 Å². The van der Waals surface area contributed by atoms with Crippen LogP contribution in [-0.4, -0.2) is 43.6 Å². The Kier molecular flexibility index (Phi) is 8.12. The number of carbonyl (C=O) groups is 1. The molecule has 0 saturated carbocycles. The second-order valence-corrected chi connectivity index (χ2v) is 6.33. The average molecular weight is 362 g/mol. The van der Waals surface area contributed by atoms with Crippen molar-refractivity contribution in [2.24, 2.45) is 11.7 Å². The fourth-order valence-corrected chi connectivity index (χ4v) is 3.01. The number of nitrogens with one attached hydrogen (secondary N) is 1. The lowest BCUT2D eigenvalue weighted by Crippen LogP contribution is -2.45. The zero-order valence-electron chi connectivity index (χ0n) is 13.5. The lowest BCUT2D eigenvalue weighted by molar-refractivity contribution is -0.117. The average Bonchev–Trinajstić information content (AvgIpc) is 2.47. The summed E-state index contributed by atoms with van der Waals surface area (Å²) in [5.41, 5.74) is 6.58. The summed E-state index contributed by atoms with van der Waals surface area (Å²) in [7, 11) is 1.57. The second kappa shape index (κ2) is 9.33. The SMILES string of the molecule is COc1ccc(Cl)cc1NC(=O)CN1CCCC(C(C)N)C1.Cl. The molecule has 1 heterocycles. The van der Waals surface area contributed by atoms with Gasteiger partial charge in [-0.05, 0) is 50.4 Å². The molecule has 0 aliphatic carbocycles. The number of nitrogens with two attached hydrogens (primary N) is 1. The molecule has 0 aromatic heterocycles. The third-order valence-corrected chi connectivity index (χ3v) is 4.32. The van der Waals surface area contributed by atoms with Crippen molar-refractivity contribution in [2.75, 3.05) is 32.1 Å². The molecule has 7 heteroatoms. The Labute approximate surface area is 148 Å². The number of hydrogen-bond donors (Lipinski definition) is 2. The number of ether oxygens (including phenoxy) is 1. The van der Waals surface area contributed by atoms with Crippen LogP contribution in [0.3, 0.4) is 0 Å². The summed E-state index contributed by atoms with van der Waals surface area (Å²) in [6.07, 6.45) is 2.22. The van der Waals surface area contributed by atoms with E-state index in [1.807, 2.05) is 6.92 Å². The number of amides is 1. The van der Waals surface area contributed by atoms with Crippen LogP contribution in [0.25, 0.3) is 0 Å². The van der Waals surface area contributed by atoms with Gasteiger partial charge in [-0.1, -0.05) is 11.6 Å². The van der Waals surface area contributed by atoms with Crippen LogP contribution >= 0.6 is 24.0 Å². The minimum atomic E-state index is -0.0640. The minimum absolute atomic E-state index is 0. The van der Waals surface area contributed by atoms with Gasteiger partial charge in [0.1, 0.15) is 5.75 Å². The lowest BCUT2D eigenvalue weighted by Gasteiger charge is -2.34. The van der Waals surface area contributed by atoms with E-state index in [0.717, 1.165) is 25.9 Å². The van der Waals surface area contributed by atoms with Gasteiger partial charge in [-0.2, -0.15) is 0 Å². The van der Waals surface area contributed by atoms with E-state index < -0.39 is 0 Å². The van der Waals surface area contributed by atoms with Crippen molar-refractivity contribution in [2.45, 2.75) is 25.8 Å². The molecular formula is C16H25Cl2N3O2. The molecular weight excluding hydrogens is 337 g/mol. The van der Waals surface area contributed by atoms with Gasteiger partial charge in [0.25, 0.3) is 0 Å². The highest BCUT2D eigenvalue weighted by molar-refractivity contribution is 6.31. The van der Waals surface area contributed by atoms with Crippen LogP contribution in [0, 0.1) is 5.92 Å². The van der Waals surface area contributed by atoms with E-state index in [2.05, 4.69) is 10.2 Å². The Morgan fingerprint density at radius 1 is 1.57 bits per heavy atom. The molecule has 1 saturated heterocycles. The molecule has 1 aromatic carbocycles. The molecule has 1 amide bonds. The van der Waals surface area contributed by atoms with Gasteiger partial charge in [0.15, 0.2) is 0 Å². The Morgan fingerprint density at radius 2 is 2.30 bits per heavy atom. The van der Waals surface area contributed by atoms with E-state index in [1.165, 1.54) is 0 Å². The highest BCUT2D eigenvalue weighted by atomic mass is 35.5. The van der Waals surface area contributed by atoms with E-state index in [9.17, 15) is 4.79 Å². The maximum absolute atomic E-state index is 12.3. The number of methoxy groups -OCH3 is 1. The first-order chi connectivity index (χ1) is 10.5. The highest BCUT2D eigenvalue weighted by Gasteiger charge is 2.24. The molecule has 1 aromatic rings. The number of likely N-dealkylation sites (tertiary alicyclic amines) is 1. The first-order valence-corrected chi connectivity index (χ1v) is 7.98. The summed E-state index contributed by atoms with van der Waals surface area (Å²) in [4.78, 5) is 14.4. The molecule has 0 spiro atoms. The molecule has 3 N–H and O–H groups in total. The first kappa shape index (κ1) is 20.0. The van der Waals surface area contributed by atoms with Crippen molar-refractivity contribution in [1.29, 1.82) is 0 Å². The normalized spacial score (nSPS) is 19.6. The van der Waals surface area contributed by atoms with Gasteiger partial charge in [0, 0.05) is 17.6 Å². The predicted octanol–water partition coefficient (Wildman–Crippen LogP) is 2.77. The Bertz CT molecular complexity index is 526. The molecule has 2 rings (SSSR count). The summed E-state index contributed by atoms with van der Waals surface area (Å²) in [6, 6.07) is 5.33. The van der Waals surface area contributed by atoms with Gasteiger partial charge in [-0.25, -0.2) is 0 Å². The van der Waals surface area contributed by atoms with E-state index >= 15 is 0 Å². The van der Waals surface area contributed by atoms with Crippen molar-refractivity contribution in [3.63, 3.8) is 0 Å². The summed E-state index contributed by atoms with van der Waals surface area (Å²) in [5.74, 6) is 0.998. The molecule has 23 heavy (non-hydrogen) atoms. The molecule has 2 atom stereocenters. The van der Waals surface area contributed by atoms with Crippen LogP contribution in [0.4, 0.5) is 5.69 Å². The monoisotopic (exact) mass is 361 g/mol. The summed E-state index contributed by atoms with van der Waals surface area (Å²) < 4.78 is 5.24. The largest absolute Gasteiger partial charge is 0.495 e. The van der Waals surface area contributed by atoms with Crippen LogP contribution in [0.1, 0.15) is 19.8 Å². The van der Waals surface area contributed by atoms with Gasteiger partial charge < -0.3 is 15.8 Å². The third-order valence-electron chi connectivity index (χ3n) is 4.09. The first-order valence-electron chi connectivity index (χ1n) is 7.61. The maximum atomic E-state index is 12.3. The van der Waals surface area contributed by atoms with Gasteiger partial charge in [-0.15, -0.1) is 12.4 Å². The highest BCUT2D eigenvalue weighted by Crippen LogP contribution is 2.27. The standard InChI is InChI=1S/C16H24ClN3O2.ClH/c1-11(18)12-4-3-7-20(9-12)10-16(21)19-14-8-13(17)5-6-15(14)22-2;/h5-6,8,11-12H,3-4,7,9-10,18H2,1-2H3,(H,19,21);1H. The van der Waals surface area contributed by atoms with E-state index in [-0.39, 0.29) is 24.4 Å². The van der Waals surface area contributed by atoms with Crippen molar-refractivity contribution in [3.8, 4) is 5.75 Å². The molecule has 2 unspecified atom stereocenters. The van der Waals surface area contributed by atoms with Crippen molar-refractivity contribution >= 4 is 35.6 Å². The Hall–Kier alpha value is -1.01. The Balaban J connectivity index is 0.00000264. The smallest absolute Gasteiger partial charge is 0.238 e. The van der Waals surface area contributed by atoms with Gasteiger partial charge in [-0.3, -0.25) is 9.69 Å². The van der Waals surface area contributed by atoms with E-state index in [1.54, 1.807) is 25.3 Å². The summed E-state index contributed by atoms with van der Waals surface area (Å²) in [5, 5.41) is 3.43. The van der Waals surface area contributed by atoms with Crippen molar-refractivity contribution < 1.29 is 9.53 Å². The van der Waals surface area contributed by atoms with Crippen LogP contribution < -0.4 is 15.8 Å². The van der Waals surface area contributed by atoms with Gasteiger partial charge in [0.2, 0.25) is 5.91 Å². The predicted molar refractivity (Wildman–Crippen MR) is 96.7 cm³/mol. The quantitative estimate of drug-likeness (QED) is 0.845. The van der Waals surface area contributed by atoms with Crippen LogP contribution in [0.15, 0.2) is 18.2 Å². The lowest BCUT2D eigenvalue weighted by atomic mass is 9.92. The molecule has 130 valence electrons. The third kappa shape index (κ3) is 5.84. The van der Waals surface area contributed by atoms with Crippen molar-refractivity contribution in [1.82, 2.24) is 4.90 Å². The zero-order valence-corrected chi connectivity index (χ0v) is 15.1. The minimum Gasteiger partial charge on any atom is -0.495 e. The number of carbonyl (C=O) groups excluding carboxylic acids is 1. The Morgan fingerprint density at radius 3 is 2.96 bits per heavy atom. The van der Waals surface area contributed by atoms with Gasteiger partial charge >= 0.3 is 0 Å². The van der Waals surface area contributed by atoms with E-state index in [0.29, 0.717) is 28.9 Å². The summed E-state index contributed by atoms with van der Waals surface area (Å²) >= 11 is 5.97. The number of halogens is 2. The molecule has 1 fully saturated rings. The number of piperidine rings is 1. The number of benzene rings is 1. The zero-order chi connectivity index (χ0) is 16.1. The van der Waals surface area contributed by atoms with Crippen LogP contribution in [0.2, 0.25) is 5.02 Å². The molecule has 5 nitrogen and oxygen atoms in total. The molecule has 1 aliphatic heterocycles. The fourth-order valence-electron chi connectivity index (χ4n) is 2.83. The van der Waals surface area contributed by atoms with E-state index in [4.69, 9.17) is 22.1 Å². The number of hydrogen-bond acceptors (Lipinski definition) is 4. The van der Waals surface area contributed by atoms with Crippen molar-refractivity contribution in [3.05, 3.63) is 23.2 Å².